The monoisotopic (exact) mass is 1160 g/mol. The molecule has 0 bridgehead atoms. The number of hydrogen-bond donors (Lipinski definition) is 5. The van der Waals surface area contributed by atoms with Crippen molar-refractivity contribution in [1.82, 2.24) is 25.3 Å². The van der Waals surface area contributed by atoms with Gasteiger partial charge in [-0.15, -0.1) is 0 Å². The number of methoxy groups -OCH3 is 2. The normalized spacial score (nSPS) is 19.0. The summed E-state index contributed by atoms with van der Waals surface area (Å²) in [5, 5.41) is 22.1. The van der Waals surface area contributed by atoms with E-state index < -0.39 is 78.5 Å². The van der Waals surface area contributed by atoms with E-state index in [4.69, 9.17) is 18.9 Å². The average molecular weight is 1160 g/mol. The number of hydrogen-bond acceptors (Lipinski definition) is 13. The number of ketones is 1. The van der Waals surface area contributed by atoms with Gasteiger partial charge in [0.15, 0.2) is 5.78 Å². The Balaban J connectivity index is 1.46. The molecule has 2 aromatic carbocycles. The van der Waals surface area contributed by atoms with E-state index in [1.165, 1.54) is 26.2 Å². The largest absolute Gasteiger partial charge is 0.445 e. The smallest absolute Gasteiger partial charge is 0.412 e. The molecule has 1 heterocycles. The molecule has 1 fully saturated rings. The Morgan fingerprint density at radius 1 is 0.783 bits per heavy atom. The molecular formula is C63H97N7O13. The van der Waals surface area contributed by atoms with Crippen LogP contribution in [0.4, 0.5) is 21.0 Å². The molecule has 7 amide bonds. The average Bonchev–Trinajstić information content (AvgIpc) is 4.08. The molecule has 4 rings (SSSR count). The van der Waals surface area contributed by atoms with Gasteiger partial charge in [-0.1, -0.05) is 111 Å². The molecule has 1 saturated heterocycles. The number of rotatable bonds is 30. The van der Waals surface area contributed by atoms with E-state index in [2.05, 4.69) is 21.3 Å². The minimum Gasteiger partial charge on any atom is -0.445 e. The maximum absolute atomic E-state index is 14.9. The first-order chi connectivity index (χ1) is 39.5. The lowest BCUT2D eigenvalue weighted by atomic mass is 9.83. The lowest BCUT2D eigenvalue weighted by molar-refractivity contribution is -0.149. The summed E-state index contributed by atoms with van der Waals surface area (Å²) in [6.07, 6.45) is 6.20. The van der Waals surface area contributed by atoms with E-state index in [0.717, 1.165) is 25.7 Å². The molecule has 2 aliphatic rings. The molecular weight excluding hydrogens is 1060 g/mol. The van der Waals surface area contributed by atoms with Crippen LogP contribution in [0.1, 0.15) is 157 Å². The first kappa shape index (κ1) is 69.1. The molecule has 0 saturated carbocycles. The van der Waals surface area contributed by atoms with Gasteiger partial charge in [-0.25, -0.2) is 9.59 Å². The van der Waals surface area contributed by atoms with E-state index in [1.807, 2.05) is 71.9 Å². The van der Waals surface area contributed by atoms with Gasteiger partial charge in [0.2, 0.25) is 29.5 Å². The molecule has 462 valence electrons. The molecule has 0 spiro atoms. The third-order valence-electron chi connectivity index (χ3n) is 16.4. The van der Waals surface area contributed by atoms with Crippen LogP contribution >= 0.6 is 0 Å². The quantitative estimate of drug-likeness (QED) is 0.0459. The summed E-state index contributed by atoms with van der Waals surface area (Å²) >= 11 is 0. The fraction of sp³-hybridized carbons (Fsp3) is 0.651. The highest BCUT2D eigenvalue weighted by atomic mass is 16.6. The van der Waals surface area contributed by atoms with Crippen molar-refractivity contribution in [2.45, 2.75) is 195 Å². The molecule has 11 atom stereocenters. The van der Waals surface area contributed by atoms with Gasteiger partial charge in [-0.05, 0) is 92.5 Å². The van der Waals surface area contributed by atoms with E-state index >= 15 is 0 Å². The fourth-order valence-electron chi connectivity index (χ4n) is 11.3. The molecule has 2 aromatic rings. The van der Waals surface area contributed by atoms with Gasteiger partial charge in [0.1, 0.15) is 12.7 Å². The van der Waals surface area contributed by atoms with E-state index in [0.29, 0.717) is 43.4 Å². The second kappa shape index (κ2) is 34.4. The second-order valence-corrected chi connectivity index (χ2v) is 23.1. The predicted molar refractivity (Wildman–Crippen MR) is 319 cm³/mol. The van der Waals surface area contributed by atoms with Crippen molar-refractivity contribution in [3.05, 3.63) is 71.8 Å². The Labute approximate surface area is 492 Å². The zero-order chi connectivity index (χ0) is 61.5. The number of carbonyl (C=O) groups is 8. The number of aliphatic hydroxyl groups excluding tert-OH is 1. The number of Topliss-reactive ketones (excluding diaryl/α,β-unsaturated/α-hetero) is 1. The number of benzene rings is 2. The number of ether oxygens (including phenoxy) is 4. The van der Waals surface area contributed by atoms with E-state index in [9.17, 15) is 43.5 Å². The van der Waals surface area contributed by atoms with Gasteiger partial charge < -0.3 is 54.7 Å². The van der Waals surface area contributed by atoms with Crippen LogP contribution in [0.5, 0.6) is 0 Å². The Morgan fingerprint density at radius 3 is 2.13 bits per heavy atom. The van der Waals surface area contributed by atoms with Gasteiger partial charge in [-0.3, -0.25) is 34.1 Å². The maximum Gasteiger partial charge on any atom is 0.412 e. The zero-order valence-corrected chi connectivity index (χ0v) is 51.6. The fourth-order valence-corrected chi connectivity index (χ4v) is 11.3. The predicted octanol–water partition coefficient (Wildman–Crippen LogP) is 8.96. The number of likely N-dealkylation sites (tertiary alicyclic amines) is 1. The molecule has 5 N–H and O–H groups in total. The SMILES string of the molecule is CCC(=O)NCCC(=O)Nc1cc(COC(=O)N(C)[C@H](C(=O)C[C@H](C(=O)N(C)[C@@H]([C@@H](C)CC)[C@@H](CC(=O)N2CCC[C@H]2[C@H](OC)[C@@H](C)C(=O)N[C@H](C)[C@@H](O)c2ccccc2)OC)C(C)C)C(C)C)ccc1NC(=O)OC1/C=C/CCCCC1. The van der Waals surface area contributed by atoms with Gasteiger partial charge in [0.05, 0.1) is 66.2 Å². The van der Waals surface area contributed by atoms with Crippen LogP contribution in [0.25, 0.3) is 0 Å². The number of amides is 7. The van der Waals surface area contributed by atoms with Crippen molar-refractivity contribution in [2.24, 2.45) is 29.6 Å². The molecule has 0 aromatic heterocycles. The van der Waals surface area contributed by atoms with Crippen LogP contribution in [0.15, 0.2) is 60.7 Å². The topological polar surface area (TPSA) is 252 Å². The van der Waals surface area contributed by atoms with Gasteiger partial charge in [0, 0.05) is 66.6 Å². The number of anilines is 2. The minimum atomic E-state index is -0.979. The lowest BCUT2D eigenvalue weighted by Gasteiger charge is -2.41. The molecule has 1 aliphatic heterocycles. The third kappa shape index (κ3) is 20.4. The zero-order valence-electron chi connectivity index (χ0n) is 51.6. The van der Waals surface area contributed by atoms with Crippen LogP contribution in [0, 0.1) is 29.6 Å². The van der Waals surface area contributed by atoms with Gasteiger partial charge in [0.25, 0.3) is 0 Å². The van der Waals surface area contributed by atoms with Crippen LogP contribution in [0.2, 0.25) is 0 Å². The van der Waals surface area contributed by atoms with Crippen molar-refractivity contribution >= 4 is 58.9 Å². The van der Waals surface area contributed by atoms with Crippen molar-refractivity contribution < 1.29 is 62.4 Å². The molecule has 83 heavy (non-hydrogen) atoms. The summed E-state index contributed by atoms with van der Waals surface area (Å²) in [7, 11) is 6.21. The highest BCUT2D eigenvalue weighted by Crippen LogP contribution is 2.32. The molecule has 1 unspecified atom stereocenters. The van der Waals surface area contributed by atoms with Gasteiger partial charge >= 0.3 is 12.2 Å². The summed E-state index contributed by atoms with van der Waals surface area (Å²) in [6.45, 7) is 16.8. The van der Waals surface area contributed by atoms with Crippen molar-refractivity contribution in [3.8, 4) is 0 Å². The first-order valence-corrected chi connectivity index (χ1v) is 29.9. The minimum absolute atomic E-state index is 0.0475. The number of carbonyl (C=O) groups excluding carboxylic acids is 8. The maximum atomic E-state index is 14.9. The van der Waals surface area contributed by atoms with E-state index in [1.54, 1.807) is 68.0 Å². The number of likely N-dealkylation sites (N-methyl/N-ethyl adjacent to an activating group) is 2. The van der Waals surface area contributed by atoms with Crippen LogP contribution in [-0.4, -0.2) is 151 Å². The summed E-state index contributed by atoms with van der Waals surface area (Å²) in [5.41, 5.74) is 1.59. The Morgan fingerprint density at radius 2 is 1.49 bits per heavy atom. The molecule has 0 radical (unpaired) electrons. The Bertz CT molecular complexity index is 2470. The number of nitrogens with one attached hydrogen (secondary N) is 4. The number of aliphatic hydroxyl groups is 1. The van der Waals surface area contributed by atoms with Crippen LogP contribution in [0.3, 0.4) is 0 Å². The van der Waals surface area contributed by atoms with Crippen molar-refractivity contribution in [1.29, 1.82) is 0 Å². The Kier molecular flexibility index (Phi) is 28.7. The van der Waals surface area contributed by atoms with E-state index in [-0.39, 0.29) is 97.4 Å². The highest BCUT2D eigenvalue weighted by Gasteiger charge is 2.44. The van der Waals surface area contributed by atoms with Crippen LogP contribution < -0.4 is 21.3 Å². The molecule has 1 aliphatic carbocycles. The highest BCUT2D eigenvalue weighted by molar-refractivity contribution is 5.98. The second-order valence-electron chi connectivity index (χ2n) is 23.1. The molecule has 20 heteroatoms. The standard InChI is InChI=1S/C63H97N7O13/c1-14-41(7)57(52(80-12)37-55(74)70-34-24-29-50(70)59(81-13)42(8)60(76)65-43(9)58(75)45-25-20-19-21-26-45)68(10)61(77)47(39(3)4)36-51(71)56(40(5)6)69(11)63(79)82-38-44-30-31-48(49(35-44)66-54(73)32-33-64-53(72)15-2)67-62(78)83-46-27-22-17-16-18-23-28-46/h19-22,25-27,30-31,35,39-43,46-47,50,52,56-59,75H,14-18,23-24,28-29,32-34,36-38H2,1-13H3,(H,64,72)(H,65,76)(H,66,73)(H,67,78)/b27-22+/t41-,42+,43+,46?,47-,50-,52+,56-,57-,58+,59+/m0/s1. The third-order valence-corrected chi connectivity index (χ3v) is 16.4. The number of nitrogens with zero attached hydrogens (tertiary/aromatic N) is 3. The van der Waals surface area contributed by atoms with Crippen molar-refractivity contribution in [3.63, 3.8) is 0 Å². The lowest BCUT2D eigenvalue weighted by Crippen LogP contribution is -2.55. The summed E-state index contributed by atoms with van der Waals surface area (Å²) in [4.78, 5) is 114. The summed E-state index contributed by atoms with van der Waals surface area (Å²) in [6, 6.07) is 11.3. The van der Waals surface area contributed by atoms with Crippen molar-refractivity contribution in [2.75, 3.05) is 52.0 Å². The number of allylic oxidation sites excluding steroid dienone is 1. The van der Waals surface area contributed by atoms with Gasteiger partial charge in [-0.2, -0.15) is 0 Å². The summed E-state index contributed by atoms with van der Waals surface area (Å²) in [5.74, 6) is -4.10. The first-order valence-electron chi connectivity index (χ1n) is 29.9. The summed E-state index contributed by atoms with van der Waals surface area (Å²) < 4.78 is 23.6. The van der Waals surface area contributed by atoms with Crippen LogP contribution in [-0.2, 0) is 54.3 Å². The Hall–Kier alpha value is -6.38. The molecule has 20 nitrogen and oxygen atoms in total.